The van der Waals surface area contributed by atoms with Crippen LogP contribution in [0.15, 0.2) is 60.7 Å². The average Bonchev–Trinajstić information content (AvgIpc) is 2.56. The Bertz CT molecular complexity index is 611. The zero-order valence-corrected chi connectivity index (χ0v) is 12.2. The molecule has 0 saturated carbocycles. The maximum absolute atomic E-state index is 12.5. The van der Waals surface area contributed by atoms with E-state index in [4.69, 9.17) is 5.11 Å². The molecule has 0 amide bonds. The lowest BCUT2D eigenvalue weighted by atomic mass is 10.00. The van der Waals surface area contributed by atoms with Gasteiger partial charge in [0, 0.05) is 18.5 Å². The van der Waals surface area contributed by atoms with Crippen LogP contribution in [0.25, 0.3) is 0 Å². The largest absolute Gasteiger partial charge is 0.481 e. The van der Waals surface area contributed by atoms with Crippen molar-refractivity contribution in [1.29, 1.82) is 0 Å². The van der Waals surface area contributed by atoms with Crippen molar-refractivity contribution < 1.29 is 14.7 Å². The fourth-order valence-corrected chi connectivity index (χ4v) is 2.23. The highest BCUT2D eigenvalue weighted by Crippen LogP contribution is 2.09. The predicted octanol–water partition coefficient (Wildman–Crippen LogP) is 2.89. The number of ketones is 1. The number of nitrogens with one attached hydrogen (secondary N) is 1. The summed E-state index contributed by atoms with van der Waals surface area (Å²) in [6.45, 7) is 0.531. The zero-order chi connectivity index (χ0) is 15.8. The van der Waals surface area contributed by atoms with Crippen LogP contribution in [0.5, 0.6) is 0 Å². The summed E-state index contributed by atoms with van der Waals surface area (Å²) in [6.07, 6.45) is 0.237. The summed E-state index contributed by atoms with van der Waals surface area (Å²) in [5, 5.41) is 12.0. The molecule has 2 aromatic carbocycles. The van der Waals surface area contributed by atoms with Gasteiger partial charge >= 0.3 is 5.97 Å². The molecule has 0 aromatic heterocycles. The Hall–Kier alpha value is -2.46. The number of carbonyl (C=O) groups excluding carboxylic acids is 1. The van der Waals surface area contributed by atoms with Crippen molar-refractivity contribution in [1.82, 2.24) is 5.32 Å². The summed E-state index contributed by atoms with van der Waals surface area (Å²) in [5.41, 5.74) is 1.65. The van der Waals surface area contributed by atoms with Crippen LogP contribution in [0.3, 0.4) is 0 Å². The van der Waals surface area contributed by atoms with Gasteiger partial charge in [-0.15, -0.1) is 0 Å². The topological polar surface area (TPSA) is 66.4 Å². The van der Waals surface area contributed by atoms with Crippen LogP contribution in [0.2, 0.25) is 0 Å². The van der Waals surface area contributed by atoms with Gasteiger partial charge in [0.15, 0.2) is 5.78 Å². The minimum atomic E-state index is -0.896. The highest BCUT2D eigenvalue weighted by atomic mass is 16.4. The van der Waals surface area contributed by atoms with E-state index in [9.17, 15) is 9.59 Å². The molecule has 0 heterocycles. The summed E-state index contributed by atoms with van der Waals surface area (Å²) < 4.78 is 0. The first-order valence-corrected chi connectivity index (χ1v) is 7.25. The summed E-state index contributed by atoms with van der Waals surface area (Å²) in [4.78, 5) is 23.3. The molecular weight excluding hydrogens is 278 g/mol. The third-order valence-corrected chi connectivity index (χ3v) is 3.42. The summed E-state index contributed by atoms with van der Waals surface area (Å²) in [7, 11) is 0. The van der Waals surface area contributed by atoms with Crippen LogP contribution in [-0.4, -0.2) is 22.9 Å². The van der Waals surface area contributed by atoms with E-state index in [1.165, 1.54) is 0 Å². The second-order valence-corrected chi connectivity index (χ2v) is 5.08. The highest BCUT2D eigenvalue weighted by Gasteiger charge is 2.20. The standard InChI is InChI=1S/C18H19NO3/c20-17(21)12-11-16(18(22)15-9-5-2-6-10-15)19-13-14-7-3-1-4-8-14/h1-10,16,19H,11-13H2,(H,20,21). The number of aliphatic carboxylic acids is 1. The smallest absolute Gasteiger partial charge is 0.303 e. The molecule has 2 N–H and O–H groups in total. The Labute approximate surface area is 129 Å². The fraction of sp³-hybridized carbons (Fsp3) is 0.222. The van der Waals surface area contributed by atoms with Crippen molar-refractivity contribution in [2.45, 2.75) is 25.4 Å². The van der Waals surface area contributed by atoms with Gasteiger partial charge in [0.05, 0.1) is 6.04 Å². The Morgan fingerprint density at radius 1 is 0.955 bits per heavy atom. The van der Waals surface area contributed by atoms with E-state index in [-0.39, 0.29) is 18.6 Å². The summed E-state index contributed by atoms with van der Waals surface area (Å²) in [5.74, 6) is -0.967. The molecule has 114 valence electrons. The van der Waals surface area contributed by atoms with Crippen molar-refractivity contribution in [3.63, 3.8) is 0 Å². The number of carboxylic acid groups (broad SMARTS) is 1. The van der Waals surface area contributed by atoms with E-state index < -0.39 is 12.0 Å². The van der Waals surface area contributed by atoms with Gasteiger partial charge < -0.3 is 10.4 Å². The molecule has 1 unspecified atom stereocenters. The number of Topliss-reactive ketones (excluding diaryl/α,β-unsaturated/α-hetero) is 1. The molecule has 22 heavy (non-hydrogen) atoms. The SMILES string of the molecule is O=C(O)CCC(NCc1ccccc1)C(=O)c1ccccc1. The van der Waals surface area contributed by atoms with Gasteiger partial charge in [0.25, 0.3) is 0 Å². The average molecular weight is 297 g/mol. The number of rotatable bonds is 8. The maximum atomic E-state index is 12.5. The predicted molar refractivity (Wildman–Crippen MR) is 84.7 cm³/mol. The lowest BCUT2D eigenvalue weighted by Gasteiger charge is -2.17. The molecular formula is C18H19NO3. The molecule has 0 aliphatic rings. The number of carboxylic acids is 1. The molecule has 0 fully saturated rings. The van der Waals surface area contributed by atoms with Gasteiger partial charge in [-0.05, 0) is 12.0 Å². The van der Waals surface area contributed by atoms with E-state index in [0.717, 1.165) is 5.56 Å². The van der Waals surface area contributed by atoms with Crippen LogP contribution >= 0.6 is 0 Å². The van der Waals surface area contributed by atoms with E-state index in [1.807, 2.05) is 36.4 Å². The molecule has 0 saturated heterocycles. The second kappa shape index (κ2) is 8.10. The number of carbonyl (C=O) groups is 2. The third-order valence-electron chi connectivity index (χ3n) is 3.42. The zero-order valence-electron chi connectivity index (χ0n) is 12.2. The van der Waals surface area contributed by atoms with E-state index in [1.54, 1.807) is 24.3 Å². The minimum Gasteiger partial charge on any atom is -0.481 e. The van der Waals surface area contributed by atoms with Gasteiger partial charge in [-0.1, -0.05) is 60.7 Å². The molecule has 0 spiro atoms. The van der Waals surface area contributed by atoms with Crippen molar-refractivity contribution in [3.8, 4) is 0 Å². The number of hydrogen-bond donors (Lipinski definition) is 2. The Kier molecular flexibility index (Phi) is 5.86. The second-order valence-electron chi connectivity index (χ2n) is 5.08. The van der Waals surface area contributed by atoms with Gasteiger partial charge in [0.2, 0.25) is 0 Å². The molecule has 2 aromatic rings. The maximum Gasteiger partial charge on any atom is 0.303 e. The highest BCUT2D eigenvalue weighted by molar-refractivity contribution is 6.00. The van der Waals surface area contributed by atoms with E-state index in [0.29, 0.717) is 12.1 Å². The lowest BCUT2D eigenvalue weighted by molar-refractivity contribution is -0.137. The van der Waals surface area contributed by atoms with Crippen LogP contribution in [0, 0.1) is 0 Å². The first kappa shape index (κ1) is 15.9. The fourth-order valence-electron chi connectivity index (χ4n) is 2.23. The minimum absolute atomic E-state index is 0.0367. The first-order valence-electron chi connectivity index (χ1n) is 7.25. The molecule has 2 rings (SSSR count). The summed E-state index contributed by atoms with van der Waals surface area (Å²) in [6, 6.07) is 18.2. The van der Waals surface area contributed by atoms with Gasteiger partial charge in [-0.3, -0.25) is 9.59 Å². The lowest BCUT2D eigenvalue weighted by Crippen LogP contribution is -2.36. The third kappa shape index (κ3) is 4.82. The van der Waals surface area contributed by atoms with Crippen LogP contribution < -0.4 is 5.32 Å². The van der Waals surface area contributed by atoms with Crippen molar-refractivity contribution in [2.24, 2.45) is 0 Å². The van der Waals surface area contributed by atoms with E-state index >= 15 is 0 Å². The molecule has 0 aliphatic carbocycles. The number of hydrogen-bond acceptors (Lipinski definition) is 3. The normalized spacial score (nSPS) is 11.8. The van der Waals surface area contributed by atoms with Crippen LogP contribution in [0.1, 0.15) is 28.8 Å². The Morgan fingerprint density at radius 2 is 1.55 bits per heavy atom. The van der Waals surface area contributed by atoms with Crippen molar-refractivity contribution in [3.05, 3.63) is 71.8 Å². The van der Waals surface area contributed by atoms with Gasteiger partial charge in [-0.2, -0.15) is 0 Å². The monoisotopic (exact) mass is 297 g/mol. The Balaban J connectivity index is 2.05. The molecule has 0 aliphatic heterocycles. The van der Waals surface area contributed by atoms with Crippen molar-refractivity contribution in [2.75, 3.05) is 0 Å². The molecule has 4 heteroatoms. The van der Waals surface area contributed by atoms with E-state index in [2.05, 4.69) is 5.32 Å². The quantitative estimate of drug-likeness (QED) is 0.735. The summed E-state index contributed by atoms with van der Waals surface area (Å²) >= 11 is 0. The number of benzene rings is 2. The van der Waals surface area contributed by atoms with Gasteiger partial charge in [0.1, 0.15) is 0 Å². The van der Waals surface area contributed by atoms with Crippen molar-refractivity contribution >= 4 is 11.8 Å². The van der Waals surface area contributed by atoms with Crippen LogP contribution in [-0.2, 0) is 11.3 Å². The molecule has 4 nitrogen and oxygen atoms in total. The Morgan fingerprint density at radius 3 is 2.14 bits per heavy atom. The van der Waals surface area contributed by atoms with Gasteiger partial charge in [-0.25, -0.2) is 0 Å². The molecule has 0 radical (unpaired) electrons. The first-order chi connectivity index (χ1) is 10.7. The molecule has 1 atom stereocenters. The molecule has 0 bridgehead atoms. The van der Waals surface area contributed by atoms with Crippen LogP contribution in [0.4, 0.5) is 0 Å².